The van der Waals surface area contributed by atoms with E-state index < -0.39 is 36.6 Å². The number of alkyl halides is 3. The predicted octanol–water partition coefficient (Wildman–Crippen LogP) is 9.66. The summed E-state index contributed by atoms with van der Waals surface area (Å²) in [5.74, 6) is -1.89. The van der Waals surface area contributed by atoms with Crippen LogP contribution < -0.4 is 14.9 Å². The van der Waals surface area contributed by atoms with E-state index in [2.05, 4.69) is 18.8 Å². The van der Waals surface area contributed by atoms with Crippen molar-refractivity contribution in [1.29, 1.82) is 0 Å². The molecule has 304 valence electrons. The molecule has 0 saturated heterocycles. The van der Waals surface area contributed by atoms with E-state index in [0.717, 1.165) is 48.9 Å². The smallest absolute Gasteiger partial charge is 0.471 e. The van der Waals surface area contributed by atoms with Crippen molar-refractivity contribution < 1.29 is 45.8 Å². The van der Waals surface area contributed by atoms with E-state index in [0.29, 0.717) is 35.6 Å². The molecule has 1 fully saturated rings. The molecular formula is C42H51ClF3N2O7P. The molecule has 3 aliphatic rings. The lowest BCUT2D eigenvalue weighted by Gasteiger charge is -2.51. The molecule has 1 spiro atoms. The van der Waals surface area contributed by atoms with Gasteiger partial charge in [0.05, 0.1) is 32.2 Å². The highest BCUT2D eigenvalue weighted by atomic mass is 35.5. The van der Waals surface area contributed by atoms with E-state index in [-0.39, 0.29) is 61.4 Å². The zero-order valence-electron chi connectivity index (χ0n) is 32.6. The molecule has 0 bridgehead atoms. The predicted molar refractivity (Wildman–Crippen MR) is 209 cm³/mol. The minimum atomic E-state index is -5.29. The molecule has 3 aliphatic carbocycles. The molecule has 0 N–H and O–H groups in total. The minimum absolute atomic E-state index is 0.0243. The highest BCUT2D eigenvalue weighted by molar-refractivity contribution is 7.62. The Morgan fingerprint density at radius 2 is 1.77 bits per heavy atom. The summed E-state index contributed by atoms with van der Waals surface area (Å²) < 4.78 is 80.5. The van der Waals surface area contributed by atoms with Crippen LogP contribution in [0.3, 0.4) is 0 Å². The van der Waals surface area contributed by atoms with Crippen molar-refractivity contribution in [2.75, 3.05) is 31.8 Å². The Kier molecular flexibility index (Phi) is 12.7. The lowest BCUT2D eigenvalue weighted by Crippen LogP contribution is -2.63. The highest BCUT2D eigenvalue weighted by Crippen LogP contribution is 2.58. The van der Waals surface area contributed by atoms with E-state index in [9.17, 15) is 27.3 Å². The molecule has 0 unspecified atom stereocenters. The van der Waals surface area contributed by atoms with Gasteiger partial charge in [-0.2, -0.15) is 13.2 Å². The first-order valence-electron chi connectivity index (χ1n) is 19.5. The maximum atomic E-state index is 14.4. The summed E-state index contributed by atoms with van der Waals surface area (Å²) in [6.07, 6.45) is 1.16. The second-order valence-electron chi connectivity index (χ2n) is 15.5. The van der Waals surface area contributed by atoms with Gasteiger partial charge in [-0.05, 0) is 142 Å². The normalized spacial score (nSPS) is 23.9. The Morgan fingerprint density at radius 3 is 2.41 bits per heavy atom. The Labute approximate surface area is 332 Å². The van der Waals surface area contributed by atoms with Crippen LogP contribution in [-0.4, -0.2) is 55.5 Å². The summed E-state index contributed by atoms with van der Waals surface area (Å²) in [6.45, 7) is 8.57. The van der Waals surface area contributed by atoms with Crippen molar-refractivity contribution in [1.82, 2.24) is 4.98 Å². The van der Waals surface area contributed by atoms with Crippen LogP contribution in [-0.2, 0) is 46.2 Å². The fourth-order valence-electron chi connectivity index (χ4n) is 9.54. The minimum Gasteiger partial charge on any atom is -0.493 e. The van der Waals surface area contributed by atoms with Crippen molar-refractivity contribution in [3.8, 4) is 5.75 Å². The van der Waals surface area contributed by atoms with Gasteiger partial charge in [0.2, 0.25) is 0 Å². The maximum Gasteiger partial charge on any atom is 0.471 e. The summed E-state index contributed by atoms with van der Waals surface area (Å²) in [7, 11) is -2.59. The van der Waals surface area contributed by atoms with Crippen LogP contribution >= 0.6 is 19.2 Å². The number of rotatable bonds is 13. The number of ether oxygens (including phenoxy) is 2. The van der Waals surface area contributed by atoms with Crippen LogP contribution in [0.1, 0.15) is 101 Å². The molecule has 2 aromatic carbocycles. The molecule has 1 aromatic heterocycles. The number of hydrogen-bond acceptors (Lipinski definition) is 8. The van der Waals surface area contributed by atoms with Crippen LogP contribution in [0.25, 0.3) is 0 Å². The Hall–Kier alpha value is -3.44. The number of halogens is 4. The number of hydrogen-bond donors (Lipinski definition) is 0. The van der Waals surface area contributed by atoms with Gasteiger partial charge in [-0.1, -0.05) is 37.6 Å². The summed E-state index contributed by atoms with van der Waals surface area (Å²) >= 11 is 6.24. The quantitative estimate of drug-likeness (QED) is 0.124. The van der Waals surface area contributed by atoms with Crippen LogP contribution in [0.15, 0.2) is 54.7 Å². The van der Waals surface area contributed by atoms with E-state index in [1.807, 2.05) is 18.2 Å². The molecule has 1 amide bonds. The zero-order valence-corrected chi connectivity index (χ0v) is 34.3. The molecule has 3 aromatic rings. The van der Waals surface area contributed by atoms with Crippen molar-refractivity contribution >= 4 is 42.1 Å². The number of fused-ring (bicyclic) bond motifs is 3. The standard InChI is InChI=1S/C42H51ClF3N2O7P/c1-6-54-56(51,55-7-2)33-15-14-29-23-30(22-27(3)26-53-36-16-21-47-35-13-8-10-28(4)37(35)36)40(34(29)25-33)17-19-41(20-18-40,39(50)52-5)48(38(49)42(44,45)46)32-12-9-11-31(43)24-32/h9,11-12,14-16,21,24-25,27-28,30H,6-8,10,13,17-20,22-23,26H2,1-5H3/t27-,28-,30+,40?,41?/m1/s1. The second-order valence-corrected chi connectivity index (χ2v) is 18.0. The second kappa shape index (κ2) is 16.8. The van der Waals surface area contributed by atoms with Crippen molar-refractivity contribution in [2.24, 2.45) is 11.8 Å². The average Bonchev–Trinajstić information content (AvgIpc) is 3.45. The lowest BCUT2D eigenvalue weighted by atomic mass is 9.59. The maximum absolute atomic E-state index is 14.4. The average molecular weight is 819 g/mol. The number of esters is 1. The van der Waals surface area contributed by atoms with Crippen LogP contribution in [0.4, 0.5) is 18.9 Å². The fourth-order valence-corrected chi connectivity index (χ4v) is 11.3. The lowest BCUT2D eigenvalue weighted by molar-refractivity contribution is -0.174. The molecule has 1 saturated carbocycles. The summed E-state index contributed by atoms with van der Waals surface area (Å²) in [6, 6.07) is 13.0. The fraction of sp³-hybridized carbons (Fsp3) is 0.548. The number of benzene rings is 2. The topological polar surface area (TPSA) is 104 Å². The Morgan fingerprint density at radius 1 is 1.05 bits per heavy atom. The summed E-state index contributed by atoms with van der Waals surface area (Å²) in [5, 5.41) is 0.503. The monoisotopic (exact) mass is 818 g/mol. The van der Waals surface area contributed by atoms with Gasteiger partial charge in [0.25, 0.3) is 0 Å². The van der Waals surface area contributed by atoms with Gasteiger partial charge in [0.1, 0.15) is 11.3 Å². The van der Waals surface area contributed by atoms with Crippen LogP contribution in [0.2, 0.25) is 5.02 Å². The number of aryl methyl sites for hydroxylation is 1. The molecule has 0 radical (unpaired) electrons. The Balaban J connectivity index is 1.38. The van der Waals surface area contributed by atoms with Gasteiger partial charge in [-0.3, -0.25) is 19.2 Å². The molecule has 6 rings (SSSR count). The van der Waals surface area contributed by atoms with Crippen LogP contribution in [0.5, 0.6) is 5.75 Å². The van der Waals surface area contributed by atoms with Gasteiger partial charge >= 0.3 is 25.6 Å². The van der Waals surface area contributed by atoms with Gasteiger partial charge in [0.15, 0.2) is 0 Å². The van der Waals surface area contributed by atoms with Gasteiger partial charge in [0, 0.05) is 28.2 Å². The van der Waals surface area contributed by atoms with Crippen molar-refractivity contribution in [3.63, 3.8) is 0 Å². The van der Waals surface area contributed by atoms with Crippen molar-refractivity contribution in [2.45, 2.75) is 109 Å². The molecule has 3 atom stereocenters. The third-order valence-corrected chi connectivity index (χ3v) is 14.4. The third-order valence-electron chi connectivity index (χ3n) is 12.1. The van der Waals surface area contributed by atoms with Gasteiger partial charge < -0.3 is 18.5 Å². The number of pyridine rings is 1. The largest absolute Gasteiger partial charge is 0.493 e. The number of anilines is 1. The molecule has 0 aliphatic heterocycles. The van der Waals surface area contributed by atoms with E-state index in [1.165, 1.54) is 29.8 Å². The first kappa shape index (κ1) is 42.2. The first-order valence-corrected chi connectivity index (χ1v) is 21.4. The molecular weight excluding hydrogens is 768 g/mol. The van der Waals surface area contributed by atoms with Gasteiger partial charge in [-0.25, -0.2) is 4.79 Å². The van der Waals surface area contributed by atoms with Crippen molar-refractivity contribution in [3.05, 3.63) is 82.1 Å². The SMILES string of the molecule is CCOP(=O)(OCC)c1ccc2c(c1)C1(CCC(C(=O)OC)(N(C(=O)C(F)(F)F)c3cccc(Cl)c3)CC1)[C@@H](C[C@@H](C)COc1ccnc3c1[C@H](C)CCC3)C2. The number of nitrogens with zero attached hydrogens (tertiary/aromatic N) is 2. The number of aromatic nitrogens is 1. The third kappa shape index (κ3) is 8.00. The number of carbonyl (C=O) groups is 2. The molecule has 9 nitrogen and oxygen atoms in total. The number of methoxy groups -OCH3 is 1. The Bertz CT molecular complexity index is 1960. The van der Waals surface area contributed by atoms with Crippen LogP contribution in [0, 0.1) is 11.8 Å². The first-order chi connectivity index (χ1) is 26.6. The van der Waals surface area contributed by atoms with Gasteiger partial charge in [-0.15, -0.1) is 0 Å². The van der Waals surface area contributed by atoms with E-state index in [4.69, 9.17) is 30.1 Å². The molecule has 56 heavy (non-hydrogen) atoms. The number of carbonyl (C=O) groups excluding carboxylic acids is 2. The molecule has 14 heteroatoms. The zero-order chi connectivity index (χ0) is 40.5. The van der Waals surface area contributed by atoms with E-state index >= 15 is 0 Å². The highest BCUT2D eigenvalue weighted by Gasteiger charge is 2.60. The van der Waals surface area contributed by atoms with E-state index in [1.54, 1.807) is 26.1 Å². The summed E-state index contributed by atoms with van der Waals surface area (Å²) in [5.41, 5.74) is 1.37. The summed E-state index contributed by atoms with van der Waals surface area (Å²) in [4.78, 5) is 32.4. The number of amides is 1. The molecule has 1 heterocycles.